The molecule has 1 saturated heterocycles. The van der Waals surface area contributed by atoms with Gasteiger partial charge in [0.1, 0.15) is 30.0 Å². The molecule has 18 heteroatoms. The first kappa shape index (κ1) is 26.4. The van der Waals surface area contributed by atoms with Crippen LogP contribution in [0.2, 0.25) is 0 Å². The lowest BCUT2D eigenvalue weighted by Crippen LogP contribution is -2.43. The molecule has 1 aliphatic rings. The Bertz CT molecular complexity index is 1230. The summed E-state index contributed by atoms with van der Waals surface area (Å²) in [5.74, 6) is 0.876. The summed E-state index contributed by atoms with van der Waals surface area (Å²) in [7, 11) is -5.09. The van der Waals surface area contributed by atoms with E-state index in [4.69, 9.17) is 9.47 Å². The van der Waals surface area contributed by atoms with Gasteiger partial charge in [-0.05, 0) is 20.8 Å². The smallest absolute Gasteiger partial charge is 0.359 e. The number of fused-ring (bicyclic) bond motifs is 1. The Kier molecular flexibility index (Phi) is 7.36. The molecule has 0 saturated carbocycles. The molecule has 0 aliphatic carbocycles. The maximum absolute atomic E-state index is 12.2. The van der Waals surface area contributed by atoms with Gasteiger partial charge in [-0.25, -0.2) is 14.6 Å². The highest BCUT2D eigenvalue weighted by Gasteiger charge is 2.52. The lowest BCUT2D eigenvalue weighted by Gasteiger charge is -2.32. The number of nitrogens with zero attached hydrogens (tertiary/aromatic N) is 7. The van der Waals surface area contributed by atoms with Crippen molar-refractivity contribution >= 4 is 24.4 Å². The molecule has 7 N–H and O–H groups in total. The predicted molar refractivity (Wildman–Crippen MR) is 120 cm³/mol. The lowest BCUT2D eigenvalue weighted by molar-refractivity contribution is -0.109. The van der Waals surface area contributed by atoms with Crippen LogP contribution in [0.5, 0.6) is 0 Å². The summed E-state index contributed by atoms with van der Waals surface area (Å²) in [5, 5.41) is 49.6. The molecule has 0 aromatic carbocycles. The fourth-order valence-electron chi connectivity index (χ4n) is 3.85. The topological polar surface area (TPSA) is 247 Å². The number of aliphatic hydroxyl groups is 3. The molecule has 4 heterocycles. The van der Waals surface area contributed by atoms with Gasteiger partial charge in [0.2, 0.25) is 0 Å². The number of hydrogen-bond donors (Lipinski definition) is 7. The van der Waals surface area contributed by atoms with Gasteiger partial charge >= 0.3 is 7.60 Å². The van der Waals surface area contributed by atoms with Crippen LogP contribution in [0.4, 0.5) is 5.82 Å². The highest BCUT2D eigenvalue weighted by atomic mass is 31.2. The number of aromatic amines is 1. The van der Waals surface area contributed by atoms with E-state index in [2.05, 4.69) is 41.0 Å². The van der Waals surface area contributed by atoms with E-state index in [1.54, 1.807) is 6.92 Å². The van der Waals surface area contributed by atoms with Crippen molar-refractivity contribution in [3.05, 3.63) is 17.8 Å². The average Bonchev–Trinajstić information content (AvgIpc) is 3.51. The monoisotopic (exact) mass is 529 g/mol. The molecule has 0 radical (unpaired) electrons. The second-order valence-electron chi connectivity index (χ2n) is 8.76. The summed E-state index contributed by atoms with van der Waals surface area (Å²) >= 11 is 0. The van der Waals surface area contributed by atoms with Gasteiger partial charge in [0.15, 0.2) is 23.0 Å². The predicted octanol–water partition coefficient (Wildman–Crippen LogP) is -1.79. The van der Waals surface area contributed by atoms with E-state index < -0.39 is 57.1 Å². The molecule has 3 aromatic rings. The number of hydrogen-bond acceptors (Lipinski definition) is 13. The quantitative estimate of drug-likeness (QED) is 0.143. The van der Waals surface area contributed by atoms with Crippen LogP contribution in [-0.2, 0) is 20.5 Å². The van der Waals surface area contributed by atoms with E-state index in [0.29, 0.717) is 22.7 Å². The first-order valence-electron chi connectivity index (χ1n) is 11.0. The van der Waals surface area contributed by atoms with Crippen LogP contribution in [0.3, 0.4) is 0 Å². The number of ether oxygens (including phenoxy) is 2. The Morgan fingerprint density at radius 1 is 1.31 bits per heavy atom. The van der Waals surface area contributed by atoms with Crippen LogP contribution >= 0.6 is 7.60 Å². The van der Waals surface area contributed by atoms with Crippen molar-refractivity contribution in [2.24, 2.45) is 0 Å². The highest BCUT2D eigenvalue weighted by Crippen LogP contribution is 2.52. The van der Waals surface area contributed by atoms with Gasteiger partial charge < -0.3 is 39.9 Å². The second kappa shape index (κ2) is 10.0. The van der Waals surface area contributed by atoms with Gasteiger partial charge in [-0.3, -0.25) is 4.57 Å². The summed E-state index contributed by atoms with van der Waals surface area (Å²) in [6, 6.07) is 0.0794. The molecular formula is C18H28N9O8P. The third-order valence-corrected chi connectivity index (χ3v) is 7.18. The van der Waals surface area contributed by atoms with Crippen molar-refractivity contribution in [2.45, 2.75) is 63.1 Å². The number of tetrazole rings is 1. The van der Waals surface area contributed by atoms with Crippen molar-refractivity contribution < 1.29 is 39.1 Å². The van der Waals surface area contributed by atoms with E-state index in [1.165, 1.54) is 10.9 Å². The maximum atomic E-state index is 12.2. The summed E-state index contributed by atoms with van der Waals surface area (Å²) < 4.78 is 24.8. The van der Waals surface area contributed by atoms with Gasteiger partial charge in [0.25, 0.3) is 0 Å². The van der Waals surface area contributed by atoms with Crippen LogP contribution in [0.25, 0.3) is 11.0 Å². The Balaban J connectivity index is 1.57. The summed E-state index contributed by atoms with van der Waals surface area (Å²) in [5.41, 5.74) is 0.348. The van der Waals surface area contributed by atoms with Crippen molar-refractivity contribution in [1.82, 2.24) is 40.4 Å². The van der Waals surface area contributed by atoms with Crippen molar-refractivity contribution in [3.8, 4) is 0 Å². The molecular weight excluding hydrogens is 501 g/mol. The largest absolute Gasteiger partial charge is 0.393 e. The molecule has 1 aliphatic heterocycles. The third-order valence-electron chi connectivity index (χ3n) is 5.69. The molecule has 36 heavy (non-hydrogen) atoms. The fraction of sp³-hybridized carbons (Fsp3) is 0.667. The van der Waals surface area contributed by atoms with Crippen LogP contribution in [-0.4, -0.2) is 108 Å². The van der Waals surface area contributed by atoms with Crippen molar-refractivity contribution in [1.29, 1.82) is 0 Å². The molecule has 0 spiro atoms. The number of aryl methyl sites for hydroxylation is 1. The SMILES string of the molecule is Cc1nc(NC(C)C)c2cnn([C@@H]3O[C@H](COC(CO)(Cc4nn[nH]n4)P(=O)(O)O)[C@@H](O)[C@H]3O)c2n1. The number of aliphatic hydroxyl groups excluding tert-OH is 3. The molecule has 1 fully saturated rings. The van der Waals surface area contributed by atoms with Crippen LogP contribution < -0.4 is 5.32 Å². The minimum atomic E-state index is -5.09. The van der Waals surface area contributed by atoms with Crippen LogP contribution in [0.15, 0.2) is 6.20 Å². The van der Waals surface area contributed by atoms with E-state index in [9.17, 15) is 29.7 Å². The Hall–Kier alpha value is -2.63. The minimum absolute atomic E-state index is 0.0794. The summed E-state index contributed by atoms with van der Waals surface area (Å²) in [4.78, 5) is 28.6. The summed E-state index contributed by atoms with van der Waals surface area (Å²) in [6.07, 6.45) is -4.49. The van der Waals surface area contributed by atoms with Gasteiger partial charge in [-0.15, -0.1) is 10.2 Å². The fourth-order valence-corrected chi connectivity index (χ4v) is 4.62. The van der Waals surface area contributed by atoms with Gasteiger partial charge in [0, 0.05) is 6.04 Å². The molecule has 17 nitrogen and oxygen atoms in total. The minimum Gasteiger partial charge on any atom is -0.393 e. The third kappa shape index (κ3) is 4.96. The average molecular weight is 529 g/mol. The Morgan fingerprint density at radius 2 is 2.06 bits per heavy atom. The summed E-state index contributed by atoms with van der Waals surface area (Å²) in [6.45, 7) is 3.90. The zero-order valence-corrected chi connectivity index (χ0v) is 20.5. The maximum Gasteiger partial charge on any atom is 0.359 e. The number of nitrogens with one attached hydrogen (secondary N) is 2. The number of anilines is 1. The number of aromatic nitrogens is 8. The molecule has 0 amide bonds. The van der Waals surface area contributed by atoms with Gasteiger partial charge in [-0.1, -0.05) is 5.21 Å². The van der Waals surface area contributed by atoms with Crippen molar-refractivity contribution in [2.75, 3.05) is 18.5 Å². The van der Waals surface area contributed by atoms with E-state index in [0.717, 1.165) is 0 Å². The lowest BCUT2D eigenvalue weighted by atomic mass is 10.1. The normalized spacial score (nSPS) is 24.5. The molecule has 3 aromatic heterocycles. The van der Waals surface area contributed by atoms with Gasteiger partial charge in [-0.2, -0.15) is 10.3 Å². The van der Waals surface area contributed by atoms with E-state index >= 15 is 0 Å². The van der Waals surface area contributed by atoms with E-state index in [1.807, 2.05) is 13.8 Å². The molecule has 5 atom stereocenters. The Morgan fingerprint density at radius 3 is 2.67 bits per heavy atom. The Labute approximate surface area is 204 Å². The molecule has 0 bridgehead atoms. The van der Waals surface area contributed by atoms with Crippen LogP contribution in [0, 0.1) is 6.92 Å². The zero-order valence-electron chi connectivity index (χ0n) is 19.6. The van der Waals surface area contributed by atoms with E-state index in [-0.39, 0.29) is 11.9 Å². The molecule has 1 unspecified atom stereocenters. The van der Waals surface area contributed by atoms with Crippen molar-refractivity contribution in [3.63, 3.8) is 0 Å². The van der Waals surface area contributed by atoms with Gasteiger partial charge in [0.05, 0.1) is 31.2 Å². The number of rotatable bonds is 10. The first-order valence-corrected chi connectivity index (χ1v) is 12.6. The molecule has 198 valence electrons. The zero-order chi connectivity index (χ0) is 26.3. The second-order valence-corrected chi connectivity index (χ2v) is 10.7. The standard InChI is InChI=1S/C18H28N9O8P/c1-8(2)20-15-10-5-19-27(16(10)22-9(3)21-15)17-14(30)13(29)11(35-17)6-34-18(7-28,36(31,32)33)4-12-23-25-26-24-12/h5,8,11,13-14,17,28-30H,4,6-7H2,1-3H3,(H,20,21,22)(H2,31,32,33)(H,23,24,25,26)/t11-,13-,14-,17-,18?/m1/s1. The first-order chi connectivity index (χ1) is 17.0. The highest BCUT2D eigenvalue weighted by molar-refractivity contribution is 7.53. The number of H-pyrrole nitrogens is 1. The molecule has 4 rings (SSSR count). The van der Waals surface area contributed by atoms with Crippen LogP contribution in [0.1, 0.15) is 31.7 Å².